The first-order valence-electron chi connectivity index (χ1n) is 6.44. The van der Waals surface area contributed by atoms with Crippen LogP contribution in [0.2, 0.25) is 0 Å². The number of hydrogen-bond donors (Lipinski definition) is 1. The molecule has 1 unspecified atom stereocenters. The molecular formula is C17H14FNO. The summed E-state index contributed by atoms with van der Waals surface area (Å²) in [5, 5.41) is 11.5. The van der Waals surface area contributed by atoms with Gasteiger partial charge in [-0.3, -0.25) is 4.98 Å². The van der Waals surface area contributed by atoms with Gasteiger partial charge in [0, 0.05) is 17.1 Å². The Hall–Kier alpha value is -2.26. The summed E-state index contributed by atoms with van der Waals surface area (Å²) in [5.74, 6) is -0.349. The molecule has 2 aromatic carbocycles. The number of benzene rings is 2. The van der Waals surface area contributed by atoms with Crippen molar-refractivity contribution in [3.05, 3.63) is 77.2 Å². The van der Waals surface area contributed by atoms with Crippen molar-refractivity contribution >= 4 is 10.9 Å². The third-order valence-corrected chi connectivity index (χ3v) is 3.49. The van der Waals surface area contributed by atoms with Crippen LogP contribution in [0.25, 0.3) is 10.9 Å². The highest BCUT2D eigenvalue weighted by Crippen LogP contribution is 2.29. The molecule has 1 heterocycles. The fourth-order valence-corrected chi connectivity index (χ4v) is 2.42. The second-order valence-corrected chi connectivity index (χ2v) is 4.83. The first kappa shape index (κ1) is 12.8. The van der Waals surface area contributed by atoms with Crippen molar-refractivity contribution in [1.29, 1.82) is 0 Å². The first-order valence-corrected chi connectivity index (χ1v) is 6.44. The molecule has 0 spiro atoms. The van der Waals surface area contributed by atoms with Gasteiger partial charge in [0.1, 0.15) is 11.9 Å². The SMILES string of the molecule is Cc1ccc(F)cc1C(O)c1cccc2cccnc12. The van der Waals surface area contributed by atoms with Gasteiger partial charge in [0.25, 0.3) is 0 Å². The molecule has 100 valence electrons. The molecule has 0 bridgehead atoms. The molecule has 3 heteroatoms. The van der Waals surface area contributed by atoms with Gasteiger partial charge in [-0.15, -0.1) is 0 Å². The Morgan fingerprint density at radius 3 is 2.70 bits per heavy atom. The zero-order valence-electron chi connectivity index (χ0n) is 11.0. The summed E-state index contributed by atoms with van der Waals surface area (Å²) in [7, 11) is 0. The van der Waals surface area contributed by atoms with Gasteiger partial charge in [-0.25, -0.2) is 4.39 Å². The molecule has 20 heavy (non-hydrogen) atoms. The predicted octanol–water partition coefficient (Wildman–Crippen LogP) is 3.76. The maximum absolute atomic E-state index is 13.4. The number of halogens is 1. The highest BCUT2D eigenvalue weighted by molar-refractivity contribution is 5.82. The number of rotatable bonds is 2. The summed E-state index contributed by atoms with van der Waals surface area (Å²) in [5.41, 5.74) is 2.86. The van der Waals surface area contributed by atoms with Crippen LogP contribution < -0.4 is 0 Å². The molecule has 0 aliphatic carbocycles. The average Bonchev–Trinajstić information content (AvgIpc) is 2.48. The normalized spacial score (nSPS) is 12.6. The highest BCUT2D eigenvalue weighted by Gasteiger charge is 2.16. The number of aromatic nitrogens is 1. The Labute approximate surface area is 116 Å². The van der Waals surface area contributed by atoms with Crippen LogP contribution in [0.1, 0.15) is 22.8 Å². The summed E-state index contributed by atoms with van der Waals surface area (Å²) in [6.45, 7) is 1.86. The van der Waals surface area contributed by atoms with E-state index in [2.05, 4.69) is 4.98 Å². The van der Waals surface area contributed by atoms with Gasteiger partial charge in [0.15, 0.2) is 0 Å². The van der Waals surface area contributed by atoms with E-state index in [4.69, 9.17) is 0 Å². The monoisotopic (exact) mass is 267 g/mol. The summed E-state index contributed by atoms with van der Waals surface area (Å²) >= 11 is 0. The highest BCUT2D eigenvalue weighted by atomic mass is 19.1. The molecule has 0 fully saturated rings. The lowest BCUT2D eigenvalue weighted by molar-refractivity contribution is 0.220. The lowest BCUT2D eigenvalue weighted by atomic mass is 9.95. The maximum Gasteiger partial charge on any atom is 0.123 e. The second kappa shape index (κ2) is 5.02. The Morgan fingerprint density at radius 1 is 1.05 bits per heavy atom. The summed E-state index contributed by atoms with van der Waals surface area (Å²) in [6, 6.07) is 13.9. The van der Waals surface area contributed by atoms with Crippen LogP contribution in [-0.2, 0) is 0 Å². The quantitative estimate of drug-likeness (QED) is 0.766. The molecule has 3 rings (SSSR count). The minimum Gasteiger partial charge on any atom is -0.384 e. The third kappa shape index (κ3) is 2.17. The second-order valence-electron chi connectivity index (χ2n) is 4.83. The molecule has 0 radical (unpaired) electrons. The minimum absolute atomic E-state index is 0.349. The van der Waals surface area contributed by atoms with Crippen LogP contribution in [-0.4, -0.2) is 10.1 Å². The lowest BCUT2D eigenvalue weighted by Crippen LogP contribution is -2.04. The zero-order valence-corrected chi connectivity index (χ0v) is 11.0. The molecule has 0 aliphatic heterocycles. The number of aryl methyl sites for hydroxylation is 1. The Bertz CT molecular complexity index is 765. The average molecular weight is 267 g/mol. The molecule has 0 saturated heterocycles. The van der Waals surface area contributed by atoms with E-state index in [9.17, 15) is 9.50 Å². The number of aliphatic hydroxyl groups is 1. The van der Waals surface area contributed by atoms with Gasteiger partial charge in [-0.2, -0.15) is 0 Å². The number of pyridine rings is 1. The van der Waals surface area contributed by atoms with E-state index in [-0.39, 0.29) is 5.82 Å². The third-order valence-electron chi connectivity index (χ3n) is 3.49. The van der Waals surface area contributed by atoms with Gasteiger partial charge < -0.3 is 5.11 Å². The number of aliphatic hydroxyl groups excluding tert-OH is 1. The Kier molecular flexibility index (Phi) is 3.20. The van der Waals surface area contributed by atoms with Crippen molar-refractivity contribution in [1.82, 2.24) is 4.98 Å². The molecular weight excluding hydrogens is 253 g/mol. The van der Waals surface area contributed by atoms with E-state index in [1.54, 1.807) is 12.3 Å². The van der Waals surface area contributed by atoms with Crippen molar-refractivity contribution in [2.75, 3.05) is 0 Å². The maximum atomic E-state index is 13.4. The van der Waals surface area contributed by atoms with Crippen LogP contribution in [0, 0.1) is 12.7 Å². The van der Waals surface area contributed by atoms with Crippen molar-refractivity contribution in [3.63, 3.8) is 0 Å². The Balaban J connectivity index is 2.17. The van der Waals surface area contributed by atoms with Crippen LogP contribution >= 0.6 is 0 Å². The standard InChI is InChI=1S/C17H14FNO/c1-11-7-8-13(18)10-15(11)17(20)14-6-2-4-12-5-3-9-19-16(12)14/h2-10,17,20H,1H3. The fraction of sp³-hybridized carbons (Fsp3) is 0.118. The molecule has 1 atom stereocenters. The van der Waals surface area contributed by atoms with E-state index in [1.807, 2.05) is 37.3 Å². The number of para-hydroxylation sites is 1. The Morgan fingerprint density at radius 2 is 1.85 bits per heavy atom. The molecule has 0 saturated carbocycles. The van der Waals surface area contributed by atoms with E-state index in [1.165, 1.54) is 12.1 Å². The fourth-order valence-electron chi connectivity index (χ4n) is 2.42. The van der Waals surface area contributed by atoms with Gasteiger partial charge in [-0.1, -0.05) is 30.3 Å². The predicted molar refractivity (Wildman–Crippen MR) is 76.9 cm³/mol. The number of fused-ring (bicyclic) bond motifs is 1. The molecule has 1 aromatic heterocycles. The van der Waals surface area contributed by atoms with Crippen LogP contribution in [0.4, 0.5) is 4.39 Å². The minimum atomic E-state index is -0.885. The first-order chi connectivity index (χ1) is 9.66. The van der Waals surface area contributed by atoms with Crippen molar-refractivity contribution in [2.24, 2.45) is 0 Å². The van der Waals surface area contributed by atoms with E-state index in [0.29, 0.717) is 11.1 Å². The van der Waals surface area contributed by atoms with Gasteiger partial charge in [-0.05, 0) is 36.2 Å². The van der Waals surface area contributed by atoms with Gasteiger partial charge in [0.2, 0.25) is 0 Å². The topological polar surface area (TPSA) is 33.1 Å². The molecule has 0 aliphatic rings. The smallest absolute Gasteiger partial charge is 0.123 e. The largest absolute Gasteiger partial charge is 0.384 e. The van der Waals surface area contributed by atoms with Gasteiger partial charge >= 0.3 is 0 Å². The molecule has 0 amide bonds. The number of hydrogen-bond acceptors (Lipinski definition) is 2. The van der Waals surface area contributed by atoms with Crippen LogP contribution in [0.3, 0.4) is 0 Å². The van der Waals surface area contributed by atoms with Gasteiger partial charge in [0.05, 0.1) is 5.52 Å². The summed E-state index contributed by atoms with van der Waals surface area (Å²) in [4.78, 5) is 4.33. The lowest BCUT2D eigenvalue weighted by Gasteiger charge is -2.15. The van der Waals surface area contributed by atoms with Crippen LogP contribution in [0.15, 0.2) is 54.7 Å². The van der Waals surface area contributed by atoms with Crippen molar-refractivity contribution < 1.29 is 9.50 Å². The molecule has 2 nitrogen and oxygen atoms in total. The van der Waals surface area contributed by atoms with Crippen molar-refractivity contribution in [2.45, 2.75) is 13.0 Å². The van der Waals surface area contributed by atoms with Crippen molar-refractivity contribution in [3.8, 4) is 0 Å². The number of nitrogens with zero attached hydrogens (tertiary/aromatic N) is 1. The van der Waals surface area contributed by atoms with E-state index < -0.39 is 6.10 Å². The molecule has 3 aromatic rings. The van der Waals surface area contributed by atoms with E-state index >= 15 is 0 Å². The summed E-state index contributed by atoms with van der Waals surface area (Å²) in [6.07, 6.45) is 0.807. The summed E-state index contributed by atoms with van der Waals surface area (Å²) < 4.78 is 13.4. The zero-order chi connectivity index (χ0) is 14.1. The van der Waals surface area contributed by atoms with E-state index in [0.717, 1.165) is 16.5 Å². The van der Waals surface area contributed by atoms with Crippen LogP contribution in [0.5, 0.6) is 0 Å². The molecule has 1 N–H and O–H groups in total.